The number of benzene rings is 2. The van der Waals surface area contributed by atoms with Crippen LogP contribution in [0.15, 0.2) is 53.9 Å². The van der Waals surface area contributed by atoms with Crippen LogP contribution in [0.4, 0.5) is 5.69 Å². The Bertz CT molecular complexity index is 870. The minimum absolute atomic E-state index is 0.793. The molecule has 0 bridgehead atoms. The molecular weight excluding hydrogens is 368 g/mol. The average Bonchev–Trinajstić information content (AvgIpc) is 3.22. The monoisotopic (exact) mass is 396 g/mol. The molecule has 1 aliphatic rings. The van der Waals surface area contributed by atoms with E-state index in [0.717, 1.165) is 58.1 Å². The molecule has 0 spiro atoms. The van der Waals surface area contributed by atoms with Crippen LogP contribution in [0.1, 0.15) is 5.56 Å². The maximum Gasteiger partial charge on any atom is 0.119 e. The molecule has 1 aliphatic heterocycles. The Kier molecular flexibility index (Phi) is 6.47. The van der Waals surface area contributed by atoms with E-state index in [2.05, 4.69) is 51.6 Å². The summed E-state index contributed by atoms with van der Waals surface area (Å²) in [5.74, 6) is 0.912. The van der Waals surface area contributed by atoms with Crippen LogP contribution in [0.3, 0.4) is 0 Å². The SMILES string of the molecule is COc1ccc(N2CCN(CCOCCc3ccc4sccc4c3)CC2)cc1. The normalized spacial score (nSPS) is 15.2. The van der Waals surface area contributed by atoms with Crippen LogP contribution in [0.2, 0.25) is 0 Å². The van der Waals surface area contributed by atoms with Gasteiger partial charge in [0.15, 0.2) is 0 Å². The van der Waals surface area contributed by atoms with Gasteiger partial charge in [-0.15, -0.1) is 11.3 Å². The third kappa shape index (κ3) is 4.85. The fraction of sp³-hybridized carbons (Fsp3) is 0.391. The second-order valence-corrected chi connectivity index (χ2v) is 8.13. The Morgan fingerprint density at radius 3 is 2.54 bits per heavy atom. The van der Waals surface area contributed by atoms with Gasteiger partial charge < -0.3 is 14.4 Å². The van der Waals surface area contributed by atoms with E-state index in [1.165, 1.54) is 21.3 Å². The molecule has 0 N–H and O–H groups in total. The summed E-state index contributed by atoms with van der Waals surface area (Å²) in [5, 5.41) is 3.50. The summed E-state index contributed by atoms with van der Waals surface area (Å²) in [6.07, 6.45) is 0.983. The first-order valence-corrected chi connectivity index (χ1v) is 10.8. The molecule has 3 aromatic rings. The van der Waals surface area contributed by atoms with Crippen molar-refractivity contribution < 1.29 is 9.47 Å². The fourth-order valence-corrected chi connectivity index (χ4v) is 4.45. The Balaban J connectivity index is 1.13. The Morgan fingerprint density at radius 1 is 0.929 bits per heavy atom. The van der Waals surface area contributed by atoms with Gasteiger partial charge in [-0.1, -0.05) is 12.1 Å². The standard InChI is InChI=1S/C23H28N2O2S/c1-26-22-5-3-21(4-6-22)25-12-10-24(11-13-25)14-16-27-15-8-19-2-7-23-20(18-19)9-17-28-23/h2-7,9,17-18H,8,10-16H2,1H3. The van der Waals surface area contributed by atoms with E-state index in [9.17, 15) is 0 Å². The quantitative estimate of drug-likeness (QED) is 0.530. The van der Waals surface area contributed by atoms with Crippen molar-refractivity contribution >= 4 is 27.1 Å². The molecule has 0 unspecified atom stereocenters. The van der Waals surface area contributed by atoms with Crippen LogP contribution in [0.25, 0.3) is 10.1 Å². The largest absolute Gasteiger partial charge is 0.497 e. The highest BCUT2D eigenvalue weighted by Crippen LogP contribution is 2.22. The second-order valence-electron chi connectivity index (χ2n) is 7.18. The molecule has 1 saturated heterocycles. The highest BCUT2D eigenvalue weighted by molar-refractivity contribution is 7.17. The summed E-state index contributed by atoms with van der Waals surface area (Å²) in [5.41, 5.74) is 2.64. The summed E-state index contributed by atoms with van der Waals surface area (Å²) in [6.45, 7) is 6.92. The number of thiophene rings is 1. The van der Waals surface area contributed by atoms with E-state index >= 15 is 0 Å². The summed E-state index contributed by atoms with van der Waals surface area (Å²) in [6, 6.07) is 17.3. The van der Waals surface area contributed by atoms with Crippen LogP contribution < -0.4 is 9.64 Å². The lowest BCUT2D eigenvalue weighted by Crippen LogP contribution is -2.47. The van der Waals surface area contributed by atoms with E-state index in [1.807, 2.05) is 12.1 Å². The first kappa shape index (κ1) is 19.2. The molecule has 4 rings (SSSR count). The van der Waals surface area contributed by atoms with Gasteiger partial charge in [-0.3, -0.25) is 4.90 Å². The number of ether oxygens (including phenoxy) is 2. The average molecular weight is 397 g/mol. The summed E-state index contributed by atoms with van der Waals surface area (Å²) < 4.78 is 12.5. The molecule has 0 aliphatic carbocycles. The van der Waals surface area contributed by atoms with Crippen molar-refractivity contribution in [1.82, 2.24) is 4.90 Å². The lowest BCUT2D eigenvalue weighted by molar-refractivity contribution is 0.104. The van der Waals surface area contributed by atoms with E-state index in [0.29, 0.717) is 0 Å². The van der Waals surface area contributed by atoms with Crippen LogP contribution in [0.5, 0.6) is 5.75 Å². The smallest absolute Gasteiger partial charge is 0.119 e. The highest BCUT2D eigenvalue weighted by atomic mass is 32.1. The predicted octanol–water partition coefficient (Wildman–Crippen LogP) is 4.29. The maximum atomic E-state index is 5.90. The molecule has 4 nitrogen and oxygen atoms in total. The minimum atomic E-state index is 0.793. The Hall–Kier alpha value is -2.08. The molecule has 0 radical (unpaired) electrons. The Labute approximate surface area is 171 Å². The van der Waals surface area contributed by atoms with E-state index in [1.54, 1.807) is 18.4 Å². The molecule has 5 heteroatoms. The van der Waals surface area contributed by atoms with Crippen LogP contribution in [-0.4, -0.2) is 57.9 Å². The maximum absolute atomic E-state index is 5.90. The number of nitrogens with zero attached hydrogens (tertiary/aromatic N) is 2. The molecule has 1 aromatic heterocycles. The molecule has 1 fully saturated rings. The number of fused-ring (bicyclic) bond motifs is 1. The number of rotatable bonds is 8. The van der Waals surface area contributed by atoms with Gasteiger partial charge in [-0.05, 0) is 59.1 Å². The topological polar surface area (TPSA) is 24.9 Å². The molecular formula is C23H28N2O2S. The molecule has 148 valence electrons. The van der Waals surface area contributed by atoms with Crippen molar-refractivity contribution in [2.45, 2.75) is 6.42 Å². The van der Waals surface area contributed by atoms with Gasteiger partial charge in [0.2, 0.25) is 0 Å². The third-order valence-electron chi connectivity index (χ3n) is 5.41. The molecule has 2 aromatic carbocycles. The van der Waals surface area contributed by atoms with Gasteiger partial charge in [-0.2, -0.15) is 0 Å². The zero-order chi connectivity index (χ0) is 19.2. The van der Waals surface area contributed by atoms with E-state index in [-0.39, 0.29) is 0 Å². The van der Waals surface area contributed by atoms with Gasteiger partial charge in [0, 0.05) is 43.1 Å². The predicted molar refractivity (Wildman–Crippen MR) is 118 cm³/mol. The first-order chi connectivity index (χ1) is 13.8. The summed E-state index contributed by atoms with van der Waals surface area (Å²) >= 11 is 1.80. The lowest BCUT2D eigenvalue weighted by atomic mass is 10.1. The van der Waals surface area contributed by atoms with Gasteiger partial charge in [0.1, 0.15) is 5.75 Å². The molecule has 0 amide bonds. The summed E-state index contributed by atoms with van der Waals surface area (Å²) in [4.78, 5) is 4.94. The second kappa shape index (κ2) is 9.41. The van der Waals surface area contributed by atoms with Crippen molar-refractivity contribution in [3.63, 3.8) is 0 Å². The first-order valence-electron chi connectivity index (χ1n) is 9.97. The number of methoxy groups -OCH3 is 1. The third-order valence-corrected chi connectivity index (χ3v) is 6.31. The number of anilines is 1. The van der Waals surface area contributed by atoms with Crippen molar-refractivity contribution in [2.75, 3.05) is 57.9 Å². The minimum Gasteiger partial charge on any atom is -0.497 e. The number of hydrogen-bond donors (Lipinski definition) is 0. The molecule has 2 heterocycles. The van der Waals surface area contributed by atoms with Gasteiger partial charge in [0.05, 0.1) is 20.3 Å². The van der Waals surface area contributed by atoms with E-state index in [4.69, 9.17) is 9.47 Å². The van der Waals surface area contributed by atoms with Crippen molar-refractivity contribution in [3.8, 4) is 5.75 Å². The molecule has 28 heavy (non-hydrogen) atoms. The lowest BCUT2D eigenvalue weighted by Gasteiger charge is -2.36. The fourth-order valence-electron chi connectivity index (χ4n) is 3.68. The van der Waals surface area contributed by atoms with Crippen molar-refractivity contribution in [2.24, 2.45) is 0 Å². The number of hydrogen-bond acceptors (Lipinski definition) is 5. The molecule has 0 atom stereocenters. The van der Waals surface area contributed by atoms with Gasteiger partial charge >= 0.3 is 0 Å². The summed E-state index contributed by atoms with van der Waals surface area (Å²) in [7, 11) is 1.71. The zero-order valence-corrected chi connectivity index (χ0v) is 17.3. The zero-order valence-electron chi connectivity index (χ0n) is 16.5. The highest BCUT2D eigenvalue weighted by Gasteiger charge is 2.16. The van der Waals surface area contributed by atoms with Gasteiger partial charge in [0.25, 0.3) is 0 Å². The van der Waals surface area contributed by atoms with Crippen molar-refractivity contribution in [3.05, 3.63) is 59.5 Å². The Morgan fingerprint density at radius 2 is 1.75 bits per heavy atom. The van der Waals surface area contributed by atoms with Crippen LogP contribution >= 0.6 is 11.3 Å². The van der Waals surface area contributed by atoms with Crippen LogP contribution in [0, 0.1) is 0 Å². The molecule has 0 saturated carbocycles. The van der Waals surface area contributed by atoms with Crippen molar-refractivity contribution in [1.29, 1.82) is 0 Å². The van der Waals surface area contributed by atoms with Gasteiger partial charge in [-0.25, -0.2) is 0 Å². The van der Waals surface area contributed by atoms with Crippen LogP contribution in [-0.2, 0) is 11.2 Å². The number of piperazine rings is 1. The van der Waals surface area contributed by atoms with E-state index < -0.39 is 0 Å².